The van der Waals surface area contributed by atoms with Crippen molar-refractivity contribution >= 4 is 63.0 Å². The van der Waals surface area contributed by atoms with Gasteiger partial charge in [0.15, 0.2) is 11.2 Å². The number of halogens is 3. The van der Waals surface area contributed by atoms with Crippen LogP contribution in [0.5, 0.6) is 11.5 Å². The summed E-state index contributed by atoms with van der Waals surface area (Å²) in [6.45, 7) is 1.04. The molecular formula is C28H23Cl3N4O4. The van der Waals surface area contributed by atoms with Gasteiger partial charge in [-0.05, 0) is 59.1 Å². The van der Waals surface area contributed by atoms with Crippen LogP contribution in [-0.2, 0) is 13.1 Å². The van der Waals surface area contributed by atoms with Crippen LogP contribution in [0.4, 0.5) is 6.01 Å². The SMILES string of the molecule is NCc1ccccc1Cl.Oc1ccc2nc(Cl)oc2c1.Oc1ccc2nc(NCc3ccccc3Cl)oc2c1. The maximum Gasteiger partial charge on any atom is 0.295 e. The molecule has 0 atom stereocenters. The molecule has 11 heteroatoms. The molecule has 5 N–H and O–H groups in total. The first-order chi connectivity index (χ1) is 18.8. The van der Waals surface area contributed by atoms with Crippen molar-refractivity contribution in [2.75, 3.05) is 5.32 Å². The topological polar surface area (TPSA) is 131 Å². The summed E-state index contributed by atoms with van der Waals surface area (Å²) in [7, 11) is 0. The quantitative estimate of drug-likeness (QED) is 0.165. The summed E-state index contributed by atoms with van der Waals surface area (Å²) in [6, 6.07) is 25.0. The van der Waals surface area contributed by atoms with E-state index >= 15 is 0 Å². The van der Waals surface area contributed by atoms with Gasteiger partial charge in [-0.1, -0.05) is 59.6 Å². The first kappa shape index (κ1) is 28.1. The van der Waals surface area contributed by atoms with Gasteiger partial charge in [-0.25, -0.2) is 0 Å². The predicted molar refractivity (Wildman–Crippen MR) is 154 cm³/mol. The molecule has 39 heavy (non-hydrogen) atoms. The van der Waals surface area contributed by atoms with Gasteiger partial charge in [-0.3, -0.25) is 0 Å². The van der Waals surface area contributed by atoms with Gasteiger partial charge >= 0.3 is 0 Å². The standard InChI is InChI=1S/C14H11ClN2O2.C7H4ClNO2.C7H8ClN/c15-11-4-2-1-3-9(11)8-16-14-17-12-6-5-10(18)7-13(12)19-14;8-7-9-5-2-1-4(10)3-6(5)11-7;8-7-4-2-1-3-6(7)5-9/h1-7,18H,8H2,(H,16,17);1-3,10H;1-4H,5,9H2. The molecule has 6 aromatic rings. The number of nitrogens with one attached hydrogen (secondary N) is 1. The van der Waals surface area contributed by atoms with Gasteiger partial charge in [-0.15, -0.1) is 0 Å². The van der Waals surface area contributed by atoms with Crippen LogP contribution in [0.25, 0.3) is 22.2 Å². The lowest BCUT2D eigenvalue weighted by atomic mass is 10.2. The Hall–Kier alpha value is -3.95. The van der Waals surface area contributed by atoms with Crippen molar-refractivity contribution in [3.05, 3.63) is 111 Å². The number of rotatable bonds is 4. The third-order valence-corrected chi connectivity index (χ3v) is 6.18. The molecule has 4 aromatic carbocycles. The van der Waals surface area contributed by atoms with Crippen molar-refractivity contribution in [1.82, 2.24) is 9.97 Å². The van der Waals surface area contributed by atoms with Gasteiger partial charge in [0.25, 0.3) is 11.4 Å². The van der Waals surface area contributed by atoms with Crippen molar-refractivity contribution in [2.45, 2.75) is 13.1 Å². The number of aromatic hydroxyl groups is 2. The van der Waals surface area contributed by atoms with Crippen molar-refractivity contribution in [1.29, 1.82) is 0 Å². The summed E-state index contributed by atoms with van der Waals surface area (Å²) in [4.78, 5) is 8.11. The van der Waals surface area contributed by atoms with Crippen molar-refractivity contribution in [3.8, 4) is 11.5 Å². The Bertz CT molecular complexity index is 1690. The predicted octanol–water partition coefficient (Wildman–Crippen LogP) is 7.78. The lowest BCUT2D eigenvalue weighted by molar-refractivity contribution is 0.474. The highest BCUT2D eigenvalue weighted by atomic mass is 35.5. The maximum absolute atomic E-state index is 9.36. The average Bonchev–Trinajstić information content (AvgIpc) is 3.50. The van der Waals surface area contributed by atoms with Crippen LogP contribution in [0.2, 0.25) is 15.4 Å². The minimum absolute atomic E-state index is 0.0885. The van der Waals surface area contributed by atoms with E-state index in [1.165, 1.54) is 18.2 Å². The summed E-state index contributed by atoms with van der Waals surface area (Å²) in [5.41, 5.74) is 9.71. The molecule has 8 nitrogen and oxygen atoms in total. The van der Waals surface area contributed by atoms with E-state index in [1.807, 2.05) is 48.5 Å². The molecule has 0 aliphatic heterocycles. The zero-order valence-electron chi connectivity index (χ0n) is 20.3. The zero-order valence-corrected chi connectivity index (χ0v) is 22.6. The molecule has 0 amide bonds. The molecule has 0 bridgehead atoms. The molecule has 2 heterocycles. The number of nitrogens with zero attached hydrogens (tertiary/aromatic N) is 2. The van der Waals surface area contributed by atoms with E-state index in [4.69, 9.17) is 54.5 Å². The summed E-state index contributed by atoms with van der Waals surface area (Å²) in [6.07, 6.45) is 0. The van der Waals surface area contributed by atoms with Crippen LogP contribution in [0.3, 0.4) is 0 Å². The summed E-state index contributed by atoms with van der Waals surface area (Å²) in [5, 5.41) is 23.0. The van der Waals surface area contributed by atoms with Gasteiger partial charge in [-0.2, -0.15) is 9.97 Å². The lowest BCUT2D eigenvalue weighted by Gasteiger charge is -2.03. The molecule has 0 spiro atoms. The van der Waals surface area contributed by atoms with E-state index in [9.17, 15) is 5.11 Å². The molecule has 0 fully saturated rings. The van der Waals surface area contributed by atoms with E-state index in [2.05, 4.69) is 15.3 Å². The number of phenolic OH excluding ortho intramolecular Hbond substituents is 2. The van der Waals surface area contributed by atoms with Crippen LogP contribution in [0.15, 0.2) is 93.8 Å². The Kier molecular flexibility index (Phi) is 9.51. The fourth-order valence-corrected chi connectivity index (χ4v) is 3.94. The lowest BCUT2D eigenvalue weighted by Crippen LogP contribution is -1.99. The Labute approximate surface area is 238 Å². The number of anilines is 1. The third kappa shape index (κ3) is 7.78. The highest BCUT2D eigenvalue weighted by Crippen LogP contribution is 2.24. The number of nitrogens with two attached hydrogens (primary N) is 1. The summed E-state index contributed by atoms with van der Waals surface area (Å²) < 4.78 is 10.4. The fourth-order valence-electron chi connectivity index (χ4n) is 3.35. The first-order valence-electron chi connectivity index (χ1n) is 11.6. The van der Waals surface area contributed by atoms with Crippen LogP contribution < -0.4 is 11.1 Å². The molecule has 0 unspecified atom stereocenters. The number of hydrogen-bond acceptors (Lipinski definition) is 8. The zero-order chi connectivity index (χ0) is 27.8. The monoisotopic (exact) mass is 584 g/mol. The van der Waals surface area contributed by atoms with Crippen molar-refractivity contribution in [3.63, 3.8) is 0 Å². The van der Waals surface area contributed by atoms with Gasteiger partial charge < -0.3 is 30.1 Å². The number of oxazole rings is 2. The van der Waals surface area contributed by atoms with Gasteiger partial charge in [0.05, 0.1) is 0 Å². The molecular weight excluding hydrogens is 563 g/mol. The van der Waals surface area contributed by atoms with E-state index < -0.39 is 0 Å². The second kappa shape index (κ2) is 13.2. The van der Waals surface area contributed by atoms with Crippen LogP contribution >= 0.6 is 34.8 Å². The van der Waals surface area contributed by atoms with Gasteiger partial charge in [0, 0.05) is 35.3 Å². The molecule has 0 saturated heterocycles. The fraction of sp³-hybridized carbons (Fsp3) is 0.0714. The number of aromatic nitrogens is 2. The number of benzene rings is 4. The van der Waals surface area contributed by atoms with Crippen LogP contribution in [0.1, 0.15) is 11.1 Å². The Morgan fingerprint density at radius 2 is 1.23 bits per heavy atom. The van der Waals surface area contributed by atoms with E-state index in [-0.39, 0.29) is 16.8 Å². The van der Waals surface area contributed by atoms with Gasteiger partial charge in [0.2, 0.25) is 0 Å². The summed E-state index contributed by atoms with van der Waals surface area (Å²) >= 11 is 17.3. The third-order valence-electron chi connectivity index (χ3n) is 5.28. The van der Waals surface area contributed by atoms with Crippen molar-refractivity contribution < 1.29 is 19.0 Å². The Balaban J connectivity index is 0.000000149. The molecule has 2 aromatic heterocycles. The minimum atomic E-state index is 0.0885. The van der Waals surface area contributed by atoms with E-state index in [1.54, 1.807) is 18.2 Å². The van der Waals surface area contributed by atoms with Gasteiger partial charge in [0.1, 0.15) is 22.5 Å². The molecule has 0 aliphatic rings. The number of hydrogen-bond donors (Lipinski definition) is 4. The van der Waals surface area contributed by atoms with Crippen molar-refractivity contribution in [2.24, 2.45) is 5.73 Å². The summed E-state index contributed by atoms with van der Waals surface area (Å²) in [5.74, 6) is 0.298. The first-order valence-corrected chi connectivity index (χ1v) is 12.7. The minimum Gasteiger partial charge on any atom is -0.508 e. The second-order valence-corrected chi connectivity index (χ2v) is 9.17. The molecule has 0 radical (unpaired) electrons. The number of fused-ring (bicyclic) bond motifs is 2. The maximum atomic E-state index is 9.36. The molecule has 6 rings (SSSR count). The Morgan fingerprint density at radius 1 is 0.692 bits per heavy atom. The van der Waals surface area contributed by atoms with Crippen LogP contribution in [-0.4, -0.2) is 20.2 Å². The highest BCUT2D eigenvalue weighted by molar-refractivity contribution is 6.31. The largest absolute Gasteiger partial charge is 0.508 e. The average molecular weight is 586 g/mol. The number of phenols is 2. The molecule has 0 aliphatic carbocycles. The smallest absolute Gasteiger partial charge is 0.295 e. The van der Waals surface area contributed by atoms with Crippen LogP contribution in [0, 0.1) is 0 Å². The Morgan fingerprint density at radius 3 is 1.79 bits per heavy atom. The normalized spacial score (nSPS) is 10.5. The molecule has 200 valence electrons. The van der Waals surface area contributed by atoms with E-state index in [0.29, 0.717) is 46.3 Å². The molecule has 0 saturated carbocycles. The second-order valence-electron chi connectivity index (χ2n) is 8.03. The van der Waals surface area contributed by atoms with E-state index in [0.717, 1.165) is 16.1 Å². The highest BCUT2D eigenvalue weighted by Gasteiger charge is 2.07.